The van der Waals surface area contributed by atoms with Crippen molar-refractivity contribution in [2.75, 3.05) is 13.1 Å². The summed E-state index contributed by atoms with van der Waals surface area (Å²) in [5, 5.41) is 19.4. The molecule has 0 unspecified atom stereocenters. The van der Waals surface area contributed by atoms with Crippen LogP contribution in [-0.2, 0) is 4.79 Å². The number of hydrogen-bond acceptors (Lipinski definition) is 3. The van der Waals surface area contributed by atoms with E-state index in [9.17, 15) is 18.7 Å². The number of aliphatic hydroxyl groups is 1. The van der Waals surface area contributed by atoms with Gasteiger partial charge in [0.2, 0.25) is 0 Å². The fourth-order valence-electron chi connectivity index (χ4n) is 3.99. The first kappa shape index (κ1) is 20.0. The lowest BCUT2D eigenvalue weighted by Crippen LogP contribution is -2.48. The van der Waals surface area contributed by atoms with Crippen molar-refractivity contribution in [3.05, 3.63) is 28.9 Å². The van der Waals surface area contributed by atoms with Crippen LogP contribution >= 0.6 is 11.6 Å². The van der Waals surface area contributed by atoms with E-state index in [4.69, 9.17) is 11.6 Å². The van der Waals surface area contributed by atoms with Gasteiger partial charge in [0, 0.05) is 36.0 Å². The SMILES string of the molecule is CC(F)(F)C(=O)N1CCC(C(C)(C)[C@H](O)c2cc(Cl)cc3cn[nH]c23)CC1. The average Bonchev–Trinajstić information content (AvgIpc) is 3.07. The number of H-pyrrole nitrogens is 1. The third-order valence-corrected chi connectivity index (χ3v) is 5.97. The molecule has 1 aromatic heterocycles. The zero-order valence-electron chi connectivity index (χ0n) is 15.6. The number of nitrogens with zero attached hydrogens (tertiary/aromatic N) is 2. The van der Waals surface area contributed by atoms with Gasteiger partial charge in [0.25, 0.3) is 5.91 Å². The molecule has 1 saturated heterocycles. The van der Waals surface area contributed by atoms with Crippen LogP contribution < -0.4 is 0 Å². The minimum absolute atomic E-state index is 0.0685. The molecule has 0 radical (unpaired) electrons. The zero-order chi connectivity index (χ0) is 20.0. The van der Waals surface area contributed by atoms with Gasteiger partial charge in [-0.3, -0.25) is 9.89 Å². The number of aromatic amines is 1. The second-order valence-corrected chi connectivity index (χ2v) is 8.44. The highest BCUT2D eigenvalue weighted by Crippen LogP contribution is 2.46. The molecule has 2 N–H and O–H groups in total. The predicted molar refractivity (Wildman–Crippen MR) is 99.8 cm³/mol. The number of benzene rings is 1. The van der Waals surface area contributed by atoms with Crippen LogP contribution in [0.2, 0.25) is 5.02 Å². The number of likely N-dealkylation sites (tertiary alicyclic amines) is 1. The van der Waals surface area contributed by atoms with E-state index in [2.05, 4.69) is 10.2 Å². The van der Waals surface area contributed by atoms with E-state index >= 15 is 0 Å². The molecule has 1 fully saturated rings. The van der Waals surface area contributed by atoms with Crippen molar-refractivity contribution in [1.82, 2.24) is 15.1 Å². The van der Waals surface area contributed by atoms with Crippen LogP contribution in [0.15, 0.2) is 18.3 Å². The summed E-state index contributed by atoms with van der Waals surface area (Å²) in [5.74, 6) is -4.41. The quantitative estimate of drug-likeness (QED) is 0.810. The maximum Gasteiger partial charge on any atom is 0.322 e. The normalized spacial score (nSPS) is 18.1. The average molecular weight is 400 g/mol. The lowest BCUT2D eigenvalue weighted by molar-refractivity contribution is -0.157. The third kappa shape index (κ3) is 3.80. The van der Waals surface area contributed by atoms with Gasteiger partial charge in [0.05, 0.1) is 17.8 Å². The number of halogens is 3. The molecule has 1 atom stereocenters. The van der Waals surface area contributed by atoms with Gasteiger partial charge in [-0.15, -0.1) is 0 Å². The number of fused-ring (bicyclic) bond motifs is 1. The van der Waals surface area contributed by atoms with Crippen LogP contribution in [0.1, 0.15) is 45.3 Å². The number of carbonyl (C=O) groups excluding carboxylic acids is 1. The molecule has 1 amide bonds. The number of carbonyl (C=O) groups is 1. The Hall–Kier alpha value is -1.73. The molecule has 5 nitrogen and oxygen atoms in total. The van der Waals surface area contributed by atoms with E-state index in [0.717, 1.165) is 10.9 Å². The molecule has 0 spiro atoms. The number of nitrogens with one attached hydrogen (secondary N) is 1. The summed E-state index contributed by atoms with van der Waals surface area (Å²) in [6.07, 6.45) is 1.94. The molecule has 0 saturated carbocycles. The first-order valence-electron chi connectivity index (χ1n) is 8.99. The number of rotatable bonds is 4. The number of piperidine rings is 1. The Labute approximate surface area is 161 Å². The third-order valence-electron chi connectivity index (χ3n) is 5.75. The molecule has 2 aromatic rings. The Kier molecular flexibility index (Phi) is 5.20. The van der Waals surface area contributed by atoms with Crippen LogP contribution in [0.4, 0.5) is 8.78 Å². The van der Waals surface area contributed by atoms with Gasteiger partial charge in [-0.2, -0.15) is 13.9 Å². The van der Waals surface area contributed by atoms with Crippen molar-refractivity contribution in [3.63, 3.8) is 0 Å². The fourth-order valence-corrected chi connectivity index (χ4v) is 4.23. The van der Waals surface area contributed by atoms with E-state index in [1.165, 1.54) is 4.90 Å². The summed E-state index contributed by atoms with van der Waals surface area (Å²) < 4.78 is 26.6. The van der Waals surface area contributed by atoms with Gasteiger partial charge in [-0.25, -0.2) is 0 Å². The minimum atomic E-state index is -3.35. The van der Waals surface area contributed by atoms with Gasteiger partial charge < -0.3 is 10.0 Å². The minimum Gasteiger partial charge on any atom is -0.388 e. The number of aliphatic hydroxyl groups excluding tert-OH is 1. The maximum atomic E-state index is 13.3. The summed E-state index contributed by atoms with van der Waals surface area (Å²) in [5.41, 5.74) is 0.865. The molecule has 1 aliphatic rings. The Bertz CT molecular complexity index is 839. The maximum absolute atomic E-state index is 13.3. The Morgan fingerprint density at radius 3 is 2.56 bits per heavy atom. The summed E-state index contributed by atoms with van der Waals surface area (Å²) in [4.78, 5) is 13.0. The standard InChI is InChI=1S/C19H24ClF2N3O2/c1-18(2,12-4-6-25(7-5-12)17(27)19(3,21)22)16(26)14-9-13(20)8-11-10-23-24-15(11)14/h8-10,12,16,26H,4-7H2,1-3H3,(H,23,24)/t16-/m1/s1. The molecule has 0 aliphatic carbocycles. The number of alkyl halides is 2. The summed E-state index contributed by atoms with van der Waals surface area (Å²) in [7, 11) is 0. The van der Waals surface area contributed by atoms with Gasteiger partial charge in [-0.05, 0) is 36.3 Å². The molecule has 1 aliphatic heterocycles. The van der Waals surface area contributed by atoms with Crippen molar-refractivity contribution >= 4 is 28.4 Å². The highest BCUT2D eigenvalue weighted by Gasteiger charge is 2.43. The molecule has 148 valence electrons. The Balaban J connectivity index is 1.78. The first-order chi connectivity index (χ1) is 12.5. The van der Waals surface area contributed by atoms with E-state index in [0.29, 0.717) is 30.4 Å². The smallest absolute Gasteiger partial charge is 0.322 e. The van der Waals surface area contributed by atoms with E-state index in [1.807, 2.05) is 13.8 Å². The van der Waals surface area contributed by atoms with Crippen LogP contribution in [0.5, 0.6) is 0 Å². The Morgan fingerprint density at radius 2 is 1.96 bits per heavy atom. The molecular formula is C19H24ClF2N3O2. The predicted octanol–water partition coefficient (Wildman–Crippen LogP) is 4.17. The van der Waals surface area contributed by atoms with Gasteiger partial charge in [0.15, 0.2) is 0 Å². The van der Waals surface area contributed by atoms with E-state index in [-0.39, 0.29) is 19.0 Å². The number of aromatic nitrogens is 2. The number of amides is 1. The lowest BCUT2D eigenvalue weighted by atomic mass is 9.68. The highest BCUT2D eigenvalue weighted by molar-refractivity contribution is 6.31. The summed E-state index contributed by atoms with van der Waals surface area (Å²) in [6, 6.07) is 3.50. The van der Waals surface area contributed by atoms with Crippen LogP contribution in [0, 0.1) is 11.3 Å². The van der Waals surface area contributed by atoms with Crippen molar-refractivity contribution in [1.29, 1.82) is 0 Å². The van der Waals surface area contributed by atoms with Crippen molar-refractivity contribution in [3.8, 4) is 0 Å². The molecular weight excluding hydrogens is 376 g/mol. The monoisotopic (exact) mass is 399 g/mol. The molecule has 8 heteroatoms. The molecule has 3 rings (SSSR count). The molecule has 2 heterocycles. The first-order valence-corrected chi connectivity index (χ1v) is 9.37. The molecule has 1 aromatic carbocycles. The van der Waals surface area contributed by atoms with Crippen molar-refractivity contribution in [2.45, 2.75) is 45.6 Å². The summed E-state index contributed by atoms with van der Waals surface area (Å²) >= 11 is 6.19. The van der Waals surface area contributed by atoms with Crippen LogP contribution in [0.3, 0.4) is 0 Å². The van der Waals surface area contributed by atoms with Gasteiger partial charge in [-0.1, -0.05) is 25.4 Å². The zero-order valence-corrected chi connectivity index (χ0v) is 16.4. The van der Waals surface area contributed by atoms with Gasteiger partial charge in [0.1, 0.15) is 0 Å². The van der Waals surface area contributed by atoms with E-state index < -0.39 is 23.3 Å². The van der Waals surface area contributed by atoms with Crippen LogP contribution in [-0.4, -0.2) is 45.1 Å². The van der Waals surface area contributed by atoms with Crippen molar-refractivity contribution < 1.29 is 18.7 Å². The fraction of sp³-hybridized carbons (Fsp3) is 0.579. The van der Waals surface area contributed by atoms with E-state index in [1.54, 1.807) is 18.3 Å². The van der Waals surface area contributed by atoms with Crippen molar-refractivity contribution in [2.24, 2.45) is 11.3 Å². The topological polar surface area (TPSA) is 69.2 Å². The summed E-state index contributed by atoms with van der Waals surface area (Å²) in [6.45, 7) is 5.06. The Morgan fingerprint density at radius 1 is 1.33 bits per heavy atom. The lowest BCUT2D eigenvalue weighted by Gasteiger charge is -2.43. The second kappa shape index (κ2) is 7.02. The molecule has 0 bridgehead atoms. The number of hydrogen-bond donors (Lipinski definition) is 2. The highest BCUT2D eigenvalue weighted by atomic mass is 35.5. The molecule has 27 heavy (non-hydrogen) atoms. The second-order valence-electron chi connectivity index (χ2n) is 8.01. The van der Waals surface area contributed by atoms with Gasteiger partial charge >= 0.3 is 5.92 Å². The largest absolute Gasteiger partial charge is 0.388 e. The van der Waals surface area contributed by atoms with Crippen LogP contribution in [0.25, 0.3) is 10.9 Å².